The first kappa shape index (κ1) is 15.3. The van der Waals surface area contributed by atoms with Crippen molar-refractivity contribution < 1.29 is 0 Å². The van der Waals surface area contributed by atoms with E-state index in [9.17, 15) is 0 Å². The molecule has 1 aromatic carbocycles. The number of rotatable bonds is 5. The van der Waals surface area contributed by atoms with Gasteiger partial charge in [0.05, 0.1) is 6.04 Å². The van der Waals surface area contributed by atoms with Crippen molar-refractivity contribution in [1.82, 2.24) is 5.32 Å². The van der Waals surface area contributed by atoms with Gasteiger partial charge in [-0.2, -0.15) is 11.3 Å². The van der Waals surface area contributed by atoms with Crippen LogP contribution in [0.4, 0.5) is 0 Å². The minimum Gasteiger partial charge on any atom is -0.306 e. The third-order valence-corrected chi connectivity index (χ3v) is 4.88. The third-order valence-electron chi connectivity index (χ3n) is 4.00. The van der Waals surface area contributed by atoms with Crippen molar-refractivity contribution >= 4 is 11.3 Å². The summed E-state index contributed by atoms with van der Waals surface area (Å²) in [7, 11) is 0. The fourth-order valence-electron chi connectivity index (χ4n) is 2.64. The predicted molar refractivity (Wildman–Crippen MR) is 89.8 cm³/mol. The van der Waals surface area contributed by atoms with E-state index in [4.69, 9.17) is 0 Å². The number of benzene rings is 1. The van der Waals surface area contributed by atoms with Gasteiger partial charge in [0.2, 0.25) is 0 Å². The summed E-state index contributed by atoms with van der Waals surface area (Å²) in [6.07, 6.45) is 1.16. The Hall–Kier alpha value is -1.12. The highest BCUT2D eigenvalue weighted by molar-refractivity contribution is 7.08. The highest BCUT2D eigenvalue weighted by Crippen LogP contribution is 2.31. The van der Waals surface area contributed by atoms with Crippen LogP contribution in [0.3, 0.4) is 0 Å². The van der Waals surface area contributed by atoms with Crippen molar-refractivity contribution in [1.29, 1.82) is 0 Å². The smallest absolute Gasteiger partial charge is 0.0590 e. The topological polar surface area (TPSA) is 12.0 Å². The van der Waals surface area contributed by atoms with Gasteiger partial charge in [-0.15, -0.1) is 0 Å². The van der Waals surface area contributed by atoms with Gasteiger partial charge >= 0.3 is 0 Å². The molecule has 108 valence electrons. The van der Waals surface area contributed by atoms with E-state index >= 15 is 0 Å². The molecule has 0 radical (unpaired) electrons. The van der Waals surface area contributed by atoms with Crippen LogP contribution in [-0.2, 0) is 0 Å². The number of aryl methyl sites for hydroxylation is 4. The van der Waals surface area contributed by atoms with Crippen LogP contribution in [0.2, 0.25) is 0 Å². The van der Waals surface area contributed by atoms with Gasteiger partial charge in [-0.3, -0.25) is 0 Å². The van der Waals surface area contributed by atoms with E-state index in [2.05, 4.69) is 62.8 Å². The lowest BCUT2D eigenvalue weighted by Crippen LogP contribution is -2.24. The first-order valence-electron chi connectivity index (χ1n) is 7.38. The van der Waals surface area contributed by atoms with Crippen molar-refractivity contribution in [2.75, 3.05) is 6.54 Å². The Morgan fingerprint density at radius 3 is 2.20 bits per heavy atom. The average Bonchev–Trinajstić information content (AvgIpc) is 2.82. The molecule has 1 atom stereocenters. The molecule has 0 aliphatic heterocycles. The molecule has 0 saturated heterocycles. The zero-order valence-electron chi connectivity index (χ0n) is 13.2. The summed E-state index contributed by atoms with van der Waals surface area (Å²) in [6.45, 7) is 12.1. The van der Waals surface area contributed by atoms with Gasteiger partial charge in [0.25, 0.3) is 0 Å². The minimum absolute atomic E-state index is 0.320. The molecule has 1 N–H and O–H groups in total. The molecular formula is C18H25NS. The number of hydrogen-bond donors (Lipinski definition) is 1. The summed E-state index contributed by atoms with van der Waals surface area (Å²) in [5.41, 5.74) is 8.37. The lowest BCUT2D eigenvalue weighted by molar-refractivity contribution is 0.595. The van der Waals surface area contributed by atoms with E-state index in [0.717, 1.165) is 13.0 Å². The maximum Gasteiger partial charge on any atom is 0.0590 e. The van der Waals surface area contributed by atoms with Crippen LogP contribution < -0.4 is 5.32 Å². The summed E-state index contributed by atoms with van der Waals surface area (Å²) in [5.74, 6) is 0. The predicted octanol–water partition coefficient (Wildman–Crippen LogP) is 5.07. The SMILES string of the molecule is CCCNC(c1cscc1C)c1cc(C)c(C)cc1C. The Morgan fingerprint density at radius 2 is 1.60 bits per heavy atom. The highest BCUT2D eigenvalue weighted by Gasteiger charge is 2.18. The van der Waals surface area contributed by atoms with Crippen LogP contribution in [-0.4, -0.2) is 6.54 Å². The average molecular weight is 287 g/mol. The first-order valence-corrected chi connectivity index (χ1v) is 8.32. The van der Waals surface area contributed by atoms with Crippen LogP contribution in [0, 0.1) is 27.7 Å². The van der Waals surface area contributed by atoms with Crippen LogP contribution in [0.1, 0.15) is 52.8 Å². The first-order chi connectivity index (χ1) is 9.54. The molecule has 1 unspecified atom stereocenters. The Morgan fingerprint density at radius 1 is 0.900 bits per heavy atom. The largest absolute Gasteiger partial charge is 0.306 e. The molecule has 1 heterocycles. The zero-order valence-corrected chi connectivity index (χ0v) is 14.0. The molecule has 0 aliphatic carbocycles. The fourth-order valence-corrected chi connectivity index (χ4v) is 3.51. The summed E-state index contributed by atoms with van der Waals surface area (Å²) in [6, 6.07) is 4.99. The van der Waals surface area contributed by atoms with Gasteiger partial charge in [0, 0.05) is 0 Å². The van der Waals surface area contributed by atoms with Gasteiger partial charge in [-0.05, 0) is 84.8 Å². The number of hydrogen-bond acceptors (Lipinski definition) is 2. The standard InChI is InChI=1S/C18H25NS/c1-6-7-19-18(17-11-20-10-15(17)5)16-9-13(3)12(2)8-14(16)4/h8-11,18-19H,6-7H2,1-5H3. The maximum absolute atomic E-state index is 3.72. The van der Waals surface area contributed by atoms with E-state index in [1.807, 2.05) is 0 Å². The lowest BCUT2D eigenvalue weighted by atomic mass is 9.91. The molecule has 2 aromatic rings. The maximum atomic E-state index is 3.72. The lowest BCUT2D eigenvalue weighted by Gasteiger charge is -2.22. The van der Waals surface area contributed by atoms with E-state index in [1.165, 1.54) is 33.4 Å². The normalized spacial score (nSPS) is 12.7. The second-order valence-electron chi connectivity index (χ2n) is 5.69. The Balaban J connectivity index is 2.46. The summed E-state index contributed by atoms with van der Waals surface area (Å²) >= 11 is 1.80. The summed E-state index contributed by atoms with van der Waals surface area (Å²) < 4.78 is 0. The molecule has 2 heteroatoms. The Bertz CT molecular complexity index is 583. The summed E-state index contributed by atoms with van der Waals surface area (Å²) in [4.78, 5) is 0. The number of nitrogens with one attached hydrogen (secondary N) is 1. The van der Waals surface area contributed by atoms with Crippen LogP contribution in [0.15, 0.2) is 22.9 Å². The van der Waals surface area contributed by atoms with Crippen molar-refractivity contribution in [3.63, 3.8) is 0 Å². The molecule has 0 amide bonds. The third kappa shape index (κ3) is 3.13. The van der Waals surface area contributed by atoms with Gasteiger partial charge in [0.15, 0.2) is 0 Å². The summed E-state index contributed by atoms with van der Waals surface area (Å²) in [5, 5.41) is 8.25. The fraction of sp³-hybridized carbons (Fsp3) is 0.444. The molecule has 0 bridgehead atoms. The van der Waals surface area contributed by atoms with E-state index in [1.54, 1.807) is 11.3 Å². The number of thiophene rings is 1. The van der Waals surface area contributed by atoms with Crippen molar-refractivity contribution in [2.45, 2.75) is 47.1 Å². The Labute approximate surface area is 127 Å². The van der Waals surface area contributed by atoms with Gasteiger partial charge < -0.3 is 5.32 Å². The Kier molecular flexibility index (Phi) is 5.00. The second-order valence-corrected chi connectivity index (χ2v) is 6.43. The monoisotopic (exact) mass is 287 g/mol. The molecule has 0 saturated carbocycles. The van der Waals surface area contributed by atoms with Gasteiger partial charge in [0.1, 0.15) is 0 Å². The highest BCUT2D eigenvalue weighted by atomic mass is 32.1. The van der Waals surface area contributed by atoms with Crippen LogP contribution in [0.5, 0.6) is 0 Å². The molecule has 1 aromatic heterocycles. The second kappa shape index (κ2) is 6.55. The molecule has 2 rings (SSSR count). The quantitative estimate of drug-likeness (QED) is 0.809. The van der Waals surface area contributed by atoms with Gasteiger partial charge in [-0.1, -0.05) is 19.1 Å². The van der Waals surface area contributed by atoms with Crippen molar-refractivity contribution in [3.8, 4) is 0 Å². The molecule has 0 spiro atoms. The van der Waals surface area contributed by atoms with Crippen molar-refractivity contribution in [3.05, 3.63) is 56.3 Å². The van der Waals surface area contributed by atoms with Crippen LogP contribution in [0.25, 0.3) is 0 Å². The molecular weight excluding hydrogens is 262 g/mol. The minimum atomic E-state index is 0.320. The van der Waals surface area contributed by atoms with Crippen molar-refractivity contribution in [2.24, 2.45) is 0 Å². The molecule has 1 nitrogen and oxygen atoms in total. The van der Waals surface area contributed by atoms with Crippen LogP contribution >= 0.6 is 11.3 Å². The zero-order chi connectivity index (χ0) is 14.7. The van der Waals surface area contributed by atoms with E-state index in [-0.39, 0.29) is 0 Å². The van der Waals surface area contributed by atoms with Gasteiger partial charge in [-0.25, -0.2) is 0 Å². The molecule has 0 fully saturated rings. The van der Waals surface area contributed by atoms with E-state index < -0.39 is 0 Å². The molecule has 20 heavy (non-hydrogen) atoms. The van der Waals surface area contributed by atoms with E-state index in [0.29, 0.717) is 6.04 Å². The molecule has 0 aliphatic rings.